The molecule has 1 aromatic rings. The first-order chi connectivity index (χ1) is 9.87. The Morgan fingerprint density at radius 2 is 2.24 bits per heavy atom. The third-order valence-corrected chi connectivity index (χ3v) is 5.90. The Morgan fingerprint density at radius 1 is 1.48 bits per heavy atom. The molecule has 1 unspecified atom stereocenters. The molecule has 0 spiro atoms. The molecule has 1 N–H and O–H groups in total. The van der Waals surface area contributed by atoms with Crippen molar-refractivity contribution in [2.75, 3.05) is 25.1 Å². The maximum Gasteiger partial charge on any atom is 0.317 e. The number of carbonyl (C=O) groups is 1. The Bertz CT molecular complexity index is 618. The molecule has 0 aromatic heterocycles. The second kappa shape index (κ2) is 6.79. The van der Waals surface area contributed by atoms with Crippen LogP contribution in [0.2, 0.25) is 0 Å². The SMILES string of the molecule is CN(C(=O)NCCc1cccc(Br)c1)C1CCS(=O)(=O)C1. The highest BCUT2D eigenvalue weighted by Gasteiger charge is 2.32. The molecule has 1 aliphatic rings. The third kappa shape index (κ3) is 4.71. The zero-order valence-electron chi connectivity index (χ0n) is 11.9. The fourth-order valence-electron chi connectivity index (χ4n) is 2.38. The van der Waals surface area contributed by atoms with Crippen LogP contribution in [0.1, 0.15) is 12.0 Å². The van der Waals surface area contributed by atoms with E-state index in [9.17, 15) is 13.2 Å². The lowest BCUT2D eigenvalue weighted by Gasteiger charge is -2.23. The summed E-state index contributed by atoms with van der Waals surface area (Å²) in [5.74, 6) is 0.246. The van der Waals surface area contributed by atoms with Gasteiger partial charge >= 0.3 is 6.03 Å². The summed E-state index contributed by atoms with van der Waals surface area (Å²) in [5.41, 5.74) is 1.13. The predicted octanol–water partition coefficient (Wildman–Crippen LogP) is 1.82. The molecule has 0 bridgehead atoms. The molecule has 1 aromatic carbocycles. The van der Waals surface area contributed by atoms with Crippen molar-refractivity contribution >= 4 is 31.8 Å². The van der Waals surface area contributed by atoms with Crippen LogP contribution in [0.4, 0.5) is 4.79 Å². The number of carbonyl (C=O) groups excluding carboxylic acids is 1. The summed E-state index contributed by atoms with van der Waals surface area (Å²) in [6, 6.07) is 7.50. The first-order valence-corrected chi connectivity index (χ1v) is 9.44. The Labute approximate surface area is 133 Å². The number of nitrogens with one attached hydrogen (secondary N) is 1. The first-order valence-electron chi connectivity index (χ1n) is 6.83. The van der Waals surface area contributed by atoms with E-state index in [1.54, 1.807) is 7.05 Å². The standard InChI is InChI=1S/C14H19BrN2O3S/c1-17(13-6-8-21(19,20)10-13)14(18)16-7-5-11-3-2-4-12(15)9-11/h2-4,9,13H,5-8,10H2,1H3,(H,16,18). The summed E-state index contributed by atoms with van der Waals surface area (Å²) in [6.45, 7) is 0.527. The van der Waals surface area contributed by atoms with Gasteiger partial charge in [-0.3, -0.25) is 0 Å². The molecule has 1 heterocycles. The number of benzene rings is 1. The van der Waals surface area contributed by atoms with Crippen LogP contribution >= 0.6 is 15.9 Å². The molecular formula is C14H19BrN2O3S. The lowest BCUT2D eigenvalue weighted by molar-refractivity contribution is 0.195. The van der Waals surface area contributed by atoms with Gasteiger partial charge in [0, 0.05) is 24.1 Å². The molecule has 1 atom stereocenters. The lowest BCUT2D eigenvalue weighted by atomic mass is 10.1. The van der Waals surface area contributed by atoms with Crippen LogP contribution in [0.3, 0.4) is 0 Å². The molecule has 1 fully saturated rings. The van der Waals surface area contributed by atoms with E-state index in [0.717, 1.165) is 16.5 Å². The number of nitrogens with zero attached hydrogens (tertiary/aromatic N) is 1. The monoisotopic (exact) mass is 374 g/mol. The van der Waals surface area contributed by atoms with Gasteiger partial charge in [-0.15, -0.1) is 0 Å². The maximum atomic E-state index is 12.0. The minimum atomic E-state index is -2.97. The summed E-state index contributed by atoms with van der Waals surface area (Å²) in [4.78, 5) is 13.5. The molecule has 2 amide bonds. The number of halogens is 1. The summed E-state index contributed by atoms with van der Waals surface area (Å²) in [7, 11) is -1.32. The minimum Gasteiger partial charge on any atom is -0.338 e. The van der Waals surface area contributed by atoms with E-state index in [2.05, 4.69) is 21.2 Å². The quantitative estimate of drug-likeness (QED) is 0.873. The van der Waals surface area contributed by atoms with Gasteiger partial charge in [-0.05, 0) is 30.5 Å². The molecule has 0 radical (unpaired) electrons. The highest BCUT2D eigenvalue weighted by Crippen LogP contribution is 2.16. The van der Waals surface area contributed by atoms with Crippen LogP contribution in [0.25, 0.3) is 0 Å². The average Bonchev–Trinajstić information content (AvgIpc) is 2.78. The van der Waals surface area contributed by atoms with Crippen LogP contribution in [-0.4, -0.2) is 50.5 Å². The van der Waals surface area contributed by atoms with Gasteiger partial charge in [-0.2, -0.15) is 0 Å². The number of rotatable bonds is 4. The lowest BCUT2D eigenvalue weighted by Crippen LogP contribution is -2.44. The van der Waals surface area contributed by atoms with Crippen molar-refractivity contribution in [1.82, 2.24) is 10.2 Å². The van der Waals surface area contributed by atoms with Crippen molar-refractivity contribution in [3.63, 3.8) is 0 Å². The largest absolute Gasteiger partial charge is 0.338 e. The van der Waals surface area contributed by atoms with Crippen molar-refractivity contribution in [3.05, 3.63) is 34.3 Å². The summed E-state index contributed by atoms with van der Waals surface area (Å²) in [6.07, 6.45) is 1.26. The van der Waals surface area contributed by atoms with Crippen LogP contribution < -0.4 is 5.32 Å². The van der Waals surface area contributed by atoms with Gasteiger partial charge in [0.05, 0.1) is 11.5 Å². The van der Waals surface area contributed by atoms with Crippen molar-refractivity contribution in [1.29, 1.82) is 0 Å². The molecule has 1 saturated heterocycles. The van der Waals surface area contributed by atoms with Crippen LogP contribution in [0, 0.1) is 0 Å². The average molecular weight is 375 g/mol. The second-order valence-electron chi connectivity index (χ2n) is 5.28. The first kappa shape index (κ1) is 16.3. The predicted molar refractivity (Wildman–Crippen MR) is 86.1 cm³/mol. The minimum absolute atomic E-state index is 0.0720. The smallest absolute Gasteiger partial charge is 0.317 e. The van der Waals surface area contributed by atoms with Crippen LogP contribution in [0.15, 0.2) is 28.7 Å². The molecule has 0 saturated carbocycles. The van der Waals surface area contributed by atoms with Gasteiger partial charge in [-0.25, -0.2) is 13.2 Å². The molecule has 0 aliphatic carbocycles. The molecule has 21 heavy (non-hydrogen) atoms. The number of urea groups is 1. The van der Waals surface area contributed by atoms with E-state index >= 15 is 0 Å². The van der Waals surface area contributed by atoms with Gasteiger partial charge in [0.1, 0.15) is 0 Å². The van der Waals surface area contributed by atoms with Gasteiger partial charge in [0.25, 0.3) is 0 Å². The molecule has 1 aliphatic heterocycles. The topological polar surface area (TPSA) is 66.5 Å². The van der Waals surface area contributed by atoms with Gasteiger partial charge in [0.15, 0.2) is 9.84 Å². The maximum absolute atomic E-state index is 12.0. The fourth-order valence-corrected chi connectivity index (χ4v) is 4.60. The van der Waals surface area contributed by atoms with Crippen molar-refractivity contribution in [2.45, 2.75) is 18.9 Å². The zero-order chi connectivity index (χ0) is 15.5. The Balaban J connectivity index is 1.79. The molecular weight excluding hydrogens is 356 g/mol. The number of hydrogen-bond acceptors (Lipinski definition) is 3. The van der Waals surface area contributed by atoms with E-state index < -0.39 is 9.84 Å². The van der Waals surface area contributed by atoms with E-state index in [1.807, 2.05) is 24.3 Å². The normalized spacial score (nSPS) is 20.2. The number of sulfone groups is 1. The Morgan fingerprint density at radius 3 is 2.86 bits per heavy atom. The third-order valence-electron chi connectivity index (χ3n) is 3.66. The summed E-state index contributed by atoms with van der Waals surface area (Å²) >= 11 is 3.41. The molecule has 7 heteroatoms. The van der Waals surface area contributed by atoms with E-state index in [1.165, 1.54) is 4.90 Å². The fraction of sp³-hybridized carbons (Fsp3) is 0.500. The number of hydrogen-bond donors (Lipinski definition) is 1. The number of amides is 2. The van der Waals surface area contributed by atoms with Gasteiger partial charge in [-0.1, -0.05) is 28.1 Å². The van der Waals surface area contributed by atoms with Gasteiger partial charge < -0.3 is 10.2 Å². The highest BCUT2D eigenvalue weighted by atomic mass is 79.9. The van der Waals surface area contributed by atoms with E-state index in [-0.39, 0.29) is 23.6 Å². The zero-order valence-corrected chi connectivity index (χ0v) is 14.3. The van der Waals surface area contributed by atoms with Crippen molar-refractivity contribution in [2.24, 2.45) is 0 Å². The molecule has 116 valence electrons. The second-order valence-corrected chi connectivity index (χ2v) is 8.42. The van der Waals surface area contributed by atoms with Crippen molar-refractivity contribution in [3.8, 4) is 0 Å². The van der Waals surface area contributed by atoms with Crippen LogP contribution in [-0.2, 0) is 16.3 Å². The van der Waals surface area contributed by atoms with Crippen molar-refractivity contribution < 1.29 is 13.2 Å². The Hall–Kier alpha value is -1.08. The summed E-state index contributed by atoms with van der Waals surface area (Å²) in [5, 5.41) is 2.83. The molecule has 5 nitrogen and oxygen atoms in total. The van der Waals surface area contributed by atoms with E-state index in [0.29, 0.717) is 13.0 Å². The van der Waals surface area contributed by atoms with E-state index in [4.69, 9.17) is 0 Å². The van der Waals surface area contributed by atoms with Gasteiger partial charge in [0.2, 0.25) is 0 Å². The van der Waals surface area contributed by atoms with Crippen LogP contribution in [0.5, 0.6) is 0 Å². The molecule has 2 rings (SSSR count). The highest BCUT2D eigenvalue weighted by molar-refractivity contribution is 9.10. The summed E-state index contributed by atoms with van der Waals surface area (Å²) < 4.78 is 23.9. The Kier molecular flexibility index (Phi) is 5.27.